The van der Waals surface area contributed by atoms with Gasteiger partial charge in [-0.25, -0.2) is 4.39 Å². The number of carbonyl (C=O) groups is 1. The summed E-state index contributed by atoms with van der Waals surface area (Å²) >= 11 is 0. The van der Waals surface area contributed by atoms with Gasteiger partial charge in [-0.2, -0.15) is 5.26 Å². The van der Waals surface area contributed by atoms with Crippen molar-refractivity contribution in [3.8, 4) is 11.8 Å². The van der Waals surface area contributed by atoms with Gasteiger partial charge in [0, 0.05) is 11.3 Å². The zero-order chi connectivity index (χ0) is 19.4. The van der Waals surface area contributed by atoms with E-state index < -0.39 is 5.41 Å². The standard InChI is InChI=1S/C22H23FN2O2/c1-15(2)27-20-10-9-17(13-16(20)14-24)25-21(26)22(11-5-6-12-22)18-7-3-4-8-19(18)23/h3-4,7-10,13,15H,5-6,11-12H2,1-2H3,(H,25,26). The Morgan fingerprint density at radius 1 is 1.22 bits per heavy atom. The first kappa shape index (κ1) is 18.9. The summed E-state index contributed by atoms with van der Waals surface area (Å²) < 4.78 is 20.1. The third kappa shape index (κ3) is 3.80. The Balaban J connectivity index is 1.89. The molecule has 0 saturated heterocycles. The summed E-state index contributed by atoms with van der Waals surface area (Å²) in [6, 6.07) is 13.6. The molecule has 1 saturated carbocycles. The molecule has 1 aliphatic carbocycles. The Labute approximate surface area is 159 Å². The smallest absolute Gasteiger partial charge is 0.235 e. The van der Waals surface area contributed by atoms with Crippen LogP contribution < -0.4 is 10.1 Å². The predicted octanol–water partition coefficient (Wildman–Crippen LogP) is 4.94. The summed E-state index contributed by atoms with van der Waals surface area (Å²) in [5.74, 6) is -0.102. The average molecular weight is 366 g/mol. The molecule has 0 aromatic heterocycles. The van der Waals surface area contributed by atoms with Crippen molar-refractivity contribution < 1.29 is 13.9 Å². The Morgan fingerprint density at radius 3 is 2.56 bits per heavy atom. The fraction of sp³-hybridized carbons (Fsp3) is 0.364. The minimum absolute atomic E-state index is 0.0552. The van der Waals surface area contributed by atoms with Crippen LogP contribution in [0, 0.1) is 17.1 Å². The Morgan fingerprint density at radius 2 is 1.93 bits per heavy atom. The lowest BCUT2D eigenvalue weighted by Crippen LogP contribution is -2.38. The van der Waals surface area contributed by atoms with Gasteiger partial charge in [-0.15, -0.1) is 0 Å². The molecule has 2 aromatic rings. The molecule has 0 heterocycles. The number of rotatable bonds is 5. The van der Waals surface area contributed by atoms with Gasteiger partial charge in [0.05, 0.1) is 17.1 Å². The Bertz CT molecular complexity index is 880. The molecule has 1 N–H and O–H groups in total. The Kier molecular flexibility index (Phi) is 5.46. The number of hydrogen-bond donors (Lipinski definition) is 1. The first-order chi connectivity index (χ1) is 13.0. The molecule has 1 aliphatic rings. The SMILES string of the molecule is CC(C)Oc1ccc(NC(=O)C2(c3ccccc3F)CCCC2)cc1C#N. The highest BCUT2D eigenvalue weighted by Crippen LogP contribution is 2.43. The maximum atomic E-state index is 14.4. The van der Waals surface area contributed by atoms with Crippen molar-refractivity contribution in [1.82, 2.24) is 0 Å². The van der Waals surface area contributed by atoms with Gasteiger partial charge in [-0.1, -0.05) is 31.0 Å². The van der Waals surface area contributed by atoms with Gasteiger partial charge in [0.1, 0.15) is 17.6 Å². The lowest BCUT2D eigenvalue weighted by Gasteiger charge is -2.28. The zero-order valence-corrected chi connectivity index (χ0v) is 15.6. The van der Waals surface area contributed by atoms with Crippen LogP contribution in [-0.4, -0.2) is 12.0 Å². The second-order valence-corrected chi connectivity index (χ2v) is 7.21. The van der Waals surface area contributed by atoms with Gasteiger partial charge < -0.3 is 10.1 Å². The van der Waals surface area contributed by atoms with Crippen LogP contribution in [0.5, 0.6) is 5.75 Å². The number of carbonyl (C=O) groups excluding carboxylic acids is 1. The predicted molar refractivity (Wildman–Crippen MR) is 102 cm³/mol. The van der Waals surface area contributed by atoms with Gasteiger partial charge in [-0.05, 0) is 51.0 Å². The molecule has 4 nitrogen and oxygen atoms in total. The molecule has 0 atom stereocenters. The summed E-state index contributed by atoms with van der Waals surface area (Å²) in [4.78, 5) is 13.2. The van der Waals surface area contributed by atoms with E-state index in [-0.39, 0.29) is 17.8 Å². The normalized spacial score (nSPS) is 15.4. The third-order valence-corrected chi connectivity index (χ3v) is 5.00. The first-order valence-corrected chi connectivity index (χ1v) is 9.23. The number of anilines is 1. The van der Waals surface area contributed by atoms with Crippen LogP contribution >= 0.6 is 0 Å². The molecule has 140 valence electrons. The maximum Gasteiger partial charge on any atom is 0.235 e. The zero-order valence-electron chi connectivity index (χ0n) is 15.6. The van der Waals surface area contributed by atoms with Gasteiger partial charge in [0.2, 0.25) is 5.91 Å². The number of halogens is 1. The number of nitriles is 1. The Hall–Kier alpha value is -2.87. The molecule has 2 aromatic carbocycles. The lowest BCUT2D eigenvalue weighted by atomic mass is 9.77. The van der Waals surface area contributed by atoms with Gasteiger partial charge >= 0.3 is 0 Å². The molecule has 1 fully saturated rings. The van der Waals surface area contributed by atoms with Crippen LogP contribution in [0.25, 0.3) is 0 Å². The van der Waals surface area contributed by atoms with Crippen molar-refractivity contribution in [1.29, 1.82) is 5.26 Å². The van der Waals surface area contributed by atoms with Crippen LogP contribution in [0.15, 0.2) is 42.5 Å². The number of nitrogens with zero attached hydrogens (tertiary/aromatic N) is 1. The van der Waals surface area contributed by atoms with Crippen LogP contribution in [0.4, 0.5) is 10.1 Å². The molecule has 0 spiro atoms. The van der Waals surface area contributed by atoms with Crippen molar-refractivity contribution in [2.45, 2.75) is 51.0 Å². The fourth-order valence-electron chi connectivity index (χ4n) is 3.75. The number of hydrogen-bond acceptors (Lipinski definition) is 3. The van der Waals surface area contributed by atoms with E-state index in [0.717, 1.165) is 12.8 Å². The highest BCUT2D eigenvalue weighted by molar-refractivity contribution is 5.99. The monoisotopic (exact) mass is 366 g/mol. The number of nitrogens with one attached hydrogen (secondary N) is 1. The second-order valence-electron chi connectivity index (χ2n) is 7.21. The van der Waals surface area contributed by atoms with E-state index >= 15 is 0 Å². The number of amides is 1. The van der Waals surface area contributed by atoms with Crippen LogP contribution in [0.2, 0.25) is 0 Å². The minimum Gasteiger partial charge on any atom is -0.490 e. The van der Waals surface area contributed by atoms with Gasteiger partial charge in [0.25, 0.3) is 0 Å². The minimum atomic E-state index is -0.870. The van der Waals surface area contributed by atoms with E-state index in [1.807, 2.05) is 13.8 Å². The molecule has 0 bridgehead atoms. The van der Waals surface area contributed by atoms with Crippen molar-refractivity contribution in [3.05, 3.63) is 59.4 Å². The molecule has 1 amide bonds. The quantitative estimate of drug-likeness (QED) is 0.816. The summed E-state index contributed by atoms with van der Waals surface area (Å²) in [7, 11) is 0. The van der Waals surface area contributed by atoms with Crippen molar-refractivity contribution >= 4 is 11.6 Å². The van der Waals surface area contributed by atoms with Crippen LogP contribution in [-0.2, 0) is 10.2 Å². The molecular weight excluding hydrogens is 343 g/mol. The van der Waals surface area contributed by atoms with Crippen molar-refractivity contribution in [2.24, 2.45) is 0 Å². The molecule has 0 radical (unpaired) electrons. The number of benzene rings is 2. The van der Waals surface area contributed by atoms with Crippen LogP contribution in [0.3, 0.4) is 0 Å². The van der Waals surface area contributed by atoms with E-state index in [1.54, 1.807) is 36.4 Å². The molecule has 5 heteroatoms. The average Bonchev–Trinajstić information content (AvgIpc) is 3.14. The fourth-order valence-corrected chi connectivity index (χ4v) is 3.75. The number of ether oxygens (including phenoxy) is 1. The summed E-state index contributed by atoms with van der Waals surface area (Å²) in [6.07, 6.45) is 2.93. The highest BCUT2D eigenvalue weighted by atomic mass is 19.1. The van der Waals surface area contributed by atoms with E-state index in [2.05, 4.69) is 11.4 Å². The first-order valence-electron chi connectivity index (χ1n) is 9.23. The lowest BCUT2D eigenvalue weighted by molar-refractivity contribution is -0.121. The third-order valence-electron chi connectivity index (χ3n) is 5.00. The van der Waals surface area contributed by atoms with E-state index in [9.17, 15) is 14.4 Å². The van der Waals surface area contributed by atoms with Crippen molar-refractivity contribution in [2.75, 3.05) is 5.32 Å². The molecule has 3 rings (SSSR count). The molecular formula is C22H23FN2O2. The summed E-state index contributed by atoms with van der Waals surface area (Å²) in [5.41, 5.74) is 0.439. The molecule has 0 aliphatic heterocycles. The second kappa shape index (κ2) is 7.79. The maximum absolute atomic E-state index is 14.4. The van der Waals surface area contributed by atoms with E-state index in [4.69, 9.17) is 4.74 Å². The van der Waals surface area contributed by atoms with Crippen molar-refractivity contribution in [3.63, 3.8) is 0 Å². The van der Waals surface area contributed by atoms with Gasteiger partial charge in [0.15, 0.2) is 0 Å². The topological polar surface area (TPSA) is 62.1 Å². The molecule has 0 unspecified atom stereocenters. The largest absolute Gasteiger partial charge is 0.490 e. The van der Waals surface area contributed by atoms with Gasteiger partial charge in [-0.3, -0.25) is 4.79 Å². The molecule has 27 heavy (non-hydrogen) atoms. The summed E-state index contributed by atoms with van der Waals surface area (Å²) in [5, 5.41) is 12.3. The summed E-state index contributed by atoms with van der Waals surface area (Å²) in [6.45, 7) is 3.77. The highest BCUT2D eigenvalue weighted by Gasteiger charge is 2.44. The van der Waals surface area contributed by atoms with Crippen LogP contribution in [0.1, 0.15) is 50.7 Å². The van der Waals surface area contributed by atoms with E-state index in [0.29, 0.717) is 35.4 Å². The van der Waals surface area contributed by atoms with E-state index in [1.165, 1.54) is 6.07 Å².